The molecule has 0 aromatic carbocycles. The van der Waals surface area contributed by atoms with Crippen molar-refractivity contribution in [2.75, 3.05) is 12.9 Å². The maximum absolute atomic E-state index is 14.5. The minimum absolute atomic E-state index is 0.0598. The van der Waals surface area contributed by atoms with Gasteiger partial charge < -0.3 is 24.8 Å². The van der Waals surface area contributed by atoms with E-state index < -0.39 is 29.6 Å². The predicted octanol–water partition coefficient (Wildman–Crippen LogP) is 0.826. The Morgan fingerprint density at radius 1 is 1.24 bits per heavy atom. The van der Waals surface area contributed by atoms with Crippen LogP contribution in [-0.4, -0.2) is 61.9 Å². The molecule has 134 valence electrons. The zero-order valence-electron chi connectivity index (χ0n) is 13.2. The van der Waals surface area contributed by atoms with E-state index in [1.807, 2.05) is 0 Å². The molecule has 1 aliphatic rings. The molecule has 1 saturated heterocycles. The number of rotatable bonds is 4. The average Bonchev–Trinajstić information content (AvgIpc) is 2.62. The van der Waals surface area contributed by atoms with E-state index in [9.17, 15) is 19.7 Å². The van der Waals surface area contributed by atoms with Crippen LogP contribution in [0.3, 0.4) is 0 Å². The van der Waals surface area contributed by atoms with Gasteiger partial charge in [0.05, 0.1) is 25.0 Å². The van der Waals surface area contributed by atoms with Gasteiger partial charge in [-0.05, 0) is 12.1 Å². The largest absolute Gasteiger partial charge is 0.481 e. The molecule has 1 fully saturated rings. The molecule has 0 radical (unpaired) electrons. The highest BCUT2D eigenvalue weighted by Crippen LogP contribution is 2.32. The van der Waals surface area contributed by atoms with Crippen LogP contribution in [0.15, 0.2) is 30.6 Å². The molecule has 7 nitrogen and oxygen atoms in total. The topological polar surface area (TPSA) is 105 Å². The second-order valence-electron chi connectivity index (χ2n) is 5.43. The molecule has 2 aromatic heterocycles. The summed E-state index contributed by atoms with van der Waals surface area (Å²) in [6.45, 7) is 0. The summed E-state index contributed by atoms with van der Waals surface area (Å²) < 4.78 is 25.1. The molecule has 0 aliphatic carbocycles. The van der Waals surface area contributed by atoms with E-state index in [0.29, 0.717) is 5.56 Å². The van der Waals surface area contributed by atoms with Crippen molar-refractivity contribution < 1.29 is 29.2 Å². The molecule has 25 heavy (non-hydrogen) atoms. The lowest BCUT2D eigenvalue weighted by molar-refractivity contribution is -0.0786. The first-order valence-corrected chi connectivity index (χ1v) is 8.53. The summed E-state index contributed by atoms with van der Waals surface area (Å²) in [5.41, 5.74) is -0.373. The second-order valence-corrected chi connectivity index (χ2v) is 6.56. The van der Waals surface area contributed by atoms with Crippen LogP contribution in [0.5, 0.6) is 11.6 Å². The lowest BCUT2D eigenvalue weighted by Crippen LogP contribution is -2.50. The number of ether oxygens (including phenoxy) is 2. The Bertz CT molecular complexity index is 750. The Labute approximate surface area is 147 Å². The SMILES string of the molecule is COc1ncccc1-c1ncc(O[C@@H]2SC[C@@H](O)[C@H](O)[C@H]2O)cc1F. The third-order valence-electron chi connectivity index (χ3n) is 3.74. The van der Waals surface area contributed by atoms with Crippen LogP contribution in [0.25, 0.3) is 11.3 Å². The molecule has 3 rings (SSSR count). The summed E-state index contributed by atoms with van der Waals surface area (Å²) in [5, 5.41) is 29.2. The van der Waals surface area contributed by atoms with Crippen molar-refractivity contribution in [1.82, 2.24) is 9.97 Å². The van der Waals surface area contributed by atoms with Gasteiger partial charge in [0, 0.05) is 18.0 Å². The predicted molar refractivity (Wildman–Crippen MR) is 88.9 cm³/mol. The molecule has 0 bridgehead atoms. The fourth-order valence-corrected chi connectivity index (χ4v) is 3.56. The number of aromatic nitrogens is 2. The first-order chi connectivity index (χ1) is 12.0. The first-order valence-electron chi connectivity index (χ1n) is 7.48. The van der Waals surface area contributed by atoms with Crippen molar-refractivity contribution in [2.24, 2.45) is 0 Å². The second kappa shape index (κ2) is 7.52. The van der Waals surface area contributed by atoms with Crippen LogP contribution in [0.2, 0.25) is 0 Å². The molecule has 0 saturated carbocycles. The molecule has 3 heterocycles. The lowest BCUT2D eigenvalue weighted by atomic mass is 10.1. The number of nitrogens with zero attached hydrogens (tertiary/aromatic N) is 2. The number of halogens is 1. The number of thioether (sulfide) groups is 1. The fraction of sp³-hybridized carbons (Fsp3) is 0.375. The van der Waals surface area contributed by atoms with E-state index in [1.54, 1.807) is 12.1 Å². The molecule has 4 atom stereocenters. The summed E-state index contributed by atoms with van der Waals surface area (Å²) in [4.78, 5) is 8.07. The van der Waals surface area contributed by atoms with E-state index in [1.165, 1.54) is 19.5 Å². The number of hydrogen-bond acceptors (Lipinski definition) is 8. The van der Waals surface area contributed by atoms with Crippen LogP contribution < -0.4 is 9.47 Å². The van der Waals surface area contributed by atoms with Crippen molar-refractivity contribution in [1.29, 1.82) is 0 Å². The number of aliphatic hydroxyl groups excluding tert-OH is 3. The van der Waals surface area contributed by atoms with Gasteiger partial charge in [0.25, 0.3) is 0 Å². The van der Waals surface area contributed by atoms with Crippen LogP contribution in [0.4, 0.5) is 4.39 Å². The maximum atomic E-state index is 14.5. The Kier molecular flexibility index (Phi) is 5.38. The molecule has 0 unspecified atom stereocenters. The van der Waals surface area contributed by atoms with Gasteiger partial charge in [-0.2, -0.15) is 0 Å². The van der Waals surface area contributed by atoms with Crippen LogP contribution in [0.1, 0.15) is 0 Å². The summed E-state index contributed by atoms with van der Waals surface area (Å²) in [5.74, 6) is -0.0918. The normalized spacial score (nSPS) is 26.3. The third kappa shape index (κ3) is 3.69. The summed E-state index contributed by atoms with van der Waals surface area (Å²) in [7, 11) is 1.43. The van der Waals surface area contributed by atoms with Gasteiger partial charge in [-0.3, -0.25) is 0 Å². The molecule has 9 heteroatoms. The highest BCUT2D eigenvalue weighted by Gasteiger charge is 2.38. The molecule has 3 N–H and O–H groups in total. The van der Waals surface area contributed by atoms with Crippen molar-refractivity contribution in [3.8, 4) is 22.9 Å². The van der Waals surface area contributed by atoms with E-state index in [-0.39, 0.29) is 23.1 Å². The van der Waals surface area contributed by atoms with E-state index >= 15 is 0 Å². The van der Waals surface area contributed by atoms with Gasteiger partial charge in [0.15, 0.2) is 11.3 Å². The quantitative estimate of drug-likeness (QED) is 0.729. The molecule has 0 amide bonds. The Morgan fingerprint density at radius 3 is 2.76 bits per heavy atom. The molecule has 2 aromatic rings. The van der Waals surface area contributed by atoms with Gasteiger partial charge in [-0.1, -0.05) is 0 Å². The van der Waals surface area contributed by atoms with Gasteiger partial charge in [-0.15, -0.1) is 11.8 Å². The monoisotopic (exact) mass is 368 g/mol. The van der Waals surface area contributed by atoms with Gasteiger partial charge in [0.1, 0.15) is 23.7 Å². The Balaban J connectivity index is 1.81. The first kappa shape index (κ1) is 17.9. The Morgan fingerprint density at radius 2 is 2.04 bits per heavy atom. The zero-order valence-corrected chi connectivity index (χ0v) is 14.1. The lowest BCUT2D eigenvalue weighted by Gasteiger charge is -2.34. The number of pyridine rings is 2. The molecular weight excluding hydrogens is 351 g/mol. The van der Waals surface area contributed by atoms with Crippen LogP contribution >= 0.6 is 11.8 Å². The minimum Gasteiger partial charge on any atom is -0.481 e. The standard InChI is InChI=1S/C16H17FN2O5S/c1-23-15-9(3-2-4-18-15)12-10(17)5-8(6-19-12)24-16-14(22)13(21)11(20)7-25-16/h2-6,11,13-14,16,20-22H,7H2,1H3/t11-,13+,14-,16-/m1/s1. The van der Waals surface area contributed by atoms with Gasteiger partial charge in [0.2, 0.25) is 5.88 Å². The third-order valence-corrected chi connectivity index (χ3v) is 4.98. The fourth-order valence-electron chi connectivity index (χ4n) is 2.43. The van der Waals surface area contributed by atoms with Crippen molar-refractivity contribution in [3.63, 3.8) is 0 Å². The minimum atomic E-state index is -1.32. The van der Waals surface area contributed by atoms with Crippen LogP contribution in [-0.2, 0) is 0 Å². The van der Waals surface area contributed by atoms with E-state index in [2.05, 4.69) is 9.97 Å². The highest BCUT2D eigenvalue weighted by atomic mass is 32.2. The Hall–Kier alpha value is -1.94. The summed E-state index contributed by atoms with van der Waals surface area (Å²) >= 11 is 1.13. The van der Waals surface area contributed by atoms with Gasteiger partial charge >= 0.3 is 0 Å². The van der Waals surface area contributed by atoms with Crippen molar-refractivity contribution >= 4 is 11.8 Å². The number of hydrogen-bond donors (Lipinski definition) is 3. The number of aliphatic hydroxyl groups is 3. The number of methoxy groups -OCH3 is 1. The summed E-state index contributed by atoms with van der Waals surface area (Å²) in [6, 6.07) is 4.42. The molecule has 1 aliphatic heterocycles. The smallest absolute Gasteiger partial charge is 0.222 e. The maximum Gasteiger partial charge on any atom is 0.222 e. The zero-order chi connectivity index (χ0) is 18.0. The molecular formula is C16H17FN2O5S. The average molecular weight is 368 g/mol. The van der Waals surface area contributed by atoms with Gasteiger partial charge in [-0.25, -0.2) is 14.4 Å². The van der Waals surface area contributed by atoms with E-state index in [4.69, 9.17) is 9.47 Å². The van der Waals surface area contributed by atoms with Crippen molar-refractivity contribution in [3.05, 3.63) is 36.4 Å². The summed E-state index contributed by atoms with van der Waals surface area (Å²) in [6.07, 6.45) is -0.803. The molecule has 0 spiro atoms. The van der Waals surface area contributed by atoms with Crippen LogP contribution in [0, 0.1) is 5.82 Å². The van der Waals surface area contributed by atoms with Crippen molar-refractivity contribution in [2.45, 2.75) is 23.7 Å². The van der Waals surface area contributed by atoms with E-state index in [0.717, 1.165) is 17.8 Å². The highest BCUT2D eigenvalue weighted by molar-refractivity contribution is 7.99.